The lowest BCUT2D eigenvalue weighted by Gasteiger charge is -2.26. The second kappa shape index (κ2) is 10.4. The average Bonchev–Trinajstić information content (AvgIpc) is 3.29. The molecule has 2 saturated carbocycles. The summed E-state index contributed by atoms with van der Waals surface area (Å²) in [6, 6.07) is 9.66. The van der Waals surface area contributed by atoms with Gasteiger partial charge in [0.05, 0.1) is 12.1 Å². The third kappa shape index (κ3) is 5.13. The second-order valence-electron chi connectivity index (χ2n) is 10.7. The molecule has 3 heterocycles. The van der Waals surface area contributed by atoms with Gasteiger partial charge in [-0.25, -0.2) is 14.8 Å². The van der Waals surface area contributed by atoms with E-state index in [-0.39, 0.29) is 18.4 Å². The smallest absolute Gasteiger partial charge is 0.420 e. The summed E-state index contributed by atoms with van der Waals surface area (Å²) in [7, 11) is 1.62. The van der Waals surface area contributed by atoms with Crippen LogP contribution in [0.4, 0.5) is 5.13 Å². The van der Waals surface area contributed by atoms with E-state index in [1.165, 1.54) is 15.9 Å². The summed E-state index contributed by atoms with van der Waals surface area (Å²) in [4.78, 5) is 48.6. The lowest BCUT2D eigenvalue weighted by Crippen LogP contribution is -2.39. The van der Waals surface area contributed by atoms with Gasteiger partial charge in [0.2, 0.25) is 5.91 Å². The van der Waals surface area contributed by atoms with Crippen LogP contribution < -0.4 is 10.7 Å². The van der Waals surface area contributed by atoms with Crippen LogP contribution in [-0.2, 0) is 16.6 Å². The van der Waals surface area contributed by atoms with Crippen molar-refractivity contribution in [1.82, 2.24) is 14.5 Å². The van der Waals surface area contributed by atoms with Crippen molar-refractivity contribution in [3.63, 3.8) is 0 Å². The summed E-state index contributed by atoms with van der Waals surface area (Å²) in [6.07, 6.45) is 8.42. The average molecular weight is 547 g/mol. The van der Waals surface area contributed by atoms with Crippen molar-refractivity contribution in [2.24, 2.45) is 18.9 Å². The number of rotatable bonds is 9. The van der Waals surface area contributed by atoms with E-state index in [0.29, 0.717) is 28.7 Å². The fraction of sp³-hybridized carbons (Fsp3) is 0.414. The van der Waals surface area contributed by atoms with Crippen LogP contribution in [0.3, 0.4) is 0 Å². The predicted molar refractivity (Wildman–Crippen MR) is 149 cm³/mol. The lowest BCUT2D eigenvalue weighted by molar-refractivity contribution is -0.141. The zero-order valence-corrected chi connectivity index (χ0v) is 22.5. The van der Waals surface area contributed by atoms with Crippen LogP contribution in [0.5, 0.6) is 0 Å². The summed E-state index contributed by atoms with van der Waals surface area (Å²) >= 11 is 1.41. The number of fused-ring (bicyclic) bond motifs is 1. The summed E-state index contributed by atoms with van der Waals surface area (Å²) in [5, 5.41) is 12.1. The van der Waals surface area contributed by atoms with E-state index in [1.807, 2.05) is 29.6 Å². The minimum absolute atomic E-state index is 0.0687. The van der Waals surface area contributed by atoms with Crippen molar-refractivity contribution in [3.8, 4) is 22.4 Å². The summed E-state index contributed by atoms with van der Waals surface area (Å²) in [6.45, 7) is 0. The van der Waals surface area contributed by atoms with Crippen molar-refractivity contribution < 1.29 is 19.1 Å². The van der Waals surface area contributed by atoms with Gasteiger partial charge >= 0.3 is 11.7 Å². The molecule has 39 heavy (non-hydrogen) atoms. The first-order valence-corrected chi connectivity index (χ1v) is 14.3. The topological polar surface area (TPSA) is 119 Å². The normalized spacial score (nSPS) is 16.5. The number of carbonyl (C=O) groups is 2. The Hall–Kier alpha value is -3.79. The second-order valence-corrected chi connectivity index (χ2v) is 11.5. The van der Waals surface area contributed by atoms with Gasteiger partial charge in [-0.15, -0.1) is 11.3 Å². The van der Waals surface area contributed by atoms with E-state index in [4.69, 9.17) is 9.40 Å². The SMILES string of the molecule is Cn1c(=O)oc2cc(-c3ccccc3-c3csc(N(C(=O)[C@@H](CC(=O)O)CC4CCCC4)C4CC4)n3)cnc21. The minimum Gasteiger partial charge on any atom is -0.481 e. The number of amides is 1. The standard InChI is InChI=1S/C29H30N4O5S/c1-32-26-24(38-29(32)37)13-19(15-30-26)21-8-4-5-9-22(21)23-16-39-28(31-23)33(20-10-11-20)27(36)18(14-25(34)35)12-17-6-2-3-7-17/h4-5,8-9,13,15-18,20H,2-3,6-7,10-12,14H2,1H3,(H,34,35)/t18-/m1/s1. The third-order valence-electron chi connectivity index (χ3n) is 7.85. The maximum Gasteiger partial charge on any atom is 0.420 e. The zero-order chi connectivity index (χ0) is 27.1. The Morgan fingerprint density at radius 3 is 2.64 bits per heavy atom. The van der Waals surface area contributed by atoms with Crippen molar-refractivity contribution in [1.29, 1.82) is 0 Å². The number of aliphatic carboxylic acids is 1. The van der Waals surface area contributed by atoms with Gasteiger partial charge in [-0.1, -0.05) is 49.9 Å². The molecule has 1 atom stereocenters. The number of carboxylic acids is 1. The molecule has 0 spiro atoms. The molecule has 3 aromatic heterocycles. The number of oxazole rings is 1. The zero-order valence-electron chi connectivity index (χ0n) is 21.7. The Balaban J connectivity index is 1.32. The molecule has 2 aliphatic carbocycles. The molecular formula is C29H30N4O5S. The first-order valence-electron chi connectivity index (χ1n) is 13.4. The molecule has 10 heteroatoms. The van der Waals surface area contributed by atoms with Gasteiger partial charge < -0.3 is 9.52 Å². The molecule has 9 nitrogen and oxygen atoms in total. The fourth-order valence-corrected chi connectivity index (χ4v) is 6.61. The molecule has 0 radical (unpaired) electrons. The van der Waals surface area contributed by atoms with E-state index in [2.05, 4.69) is 4.98 Å². The Labute approximate surface area is 229 Å². The maximum atomic E-state index is 13.8. The Kier molecular flexibility index (Phi) is 6.80. The van der Waals surface area contributed by atoms with Crippen LogP contribution in [0.25, 0.3) is 33.6 Å². The van der Waals surface area contributed by atoms with Gasteiger partial charge in [-0.05, 0) is 36.8 Å². The number of aromatic nitrogens is 3. The van der Waals surface area contributed by atoms with Gasteiger partial charge in [0.1, 0.15) is 0 Å². The number of carbonyl (C=O) groups excluding carboxylic acids is 1. The molecular weight excluding hydrogens is 516 g/mol. The molecule has 0 aliphatic heterocycles. The van der Waals surface area contributed by atoms with Crippen LogP contribution in [-0.4, -0.2) is 37.6 Å². The van der Waals surface area contributed by atoms with E-state index in [0.717, 1.165) is 60.9 Å². The molecule has 0 unspecified atom stereocenters. The lowest BCUT2D eigenvalue weighted by atomic mass is 9.90. The van der Waals surface area contributed by atoms with Crippen LogP contribution in [0.1, 0.15) is 51.4 Å². The molecule has 202 valence electrons. The highest BCUT2D eigenvalue weighted by Gasteiger charge is 2.40. The highest BCUT2D eigenvalue weighted by atomic mass is 32.1. The van der Waals surface area contributed by atoms with Gasteiger partial charge in [-0.2, -0.15) is 0 Å². The molecule has 4 aromatic rings. The van der Waals surface area contributed by atoms with E-state index in [1.54, 1.807) is 24.2 Å². The molecule has 2 aliphatic rings. The molecule has 6 rings (SSSR count). The Morgan fingerprint density at radius 2 is 1.92 bits per heavy atom. The Bertz CT molecular complexity index is 1590. The predicted octanol–water partition coefficient (Wildman–Crippen LogP) is 5.48. The van der Waals surface area contributed by atoms with Crippen molar-refractivity contribution in [2.45, 2.75) is 57.4 Å². The third-order valence-corrected chi connectivity index (χ3v) is 8.69. The quantitative estimate of drug-likeness (QED) is 0.295. The first-order chi connectivity index (χ1) is 18.9. The largest absolute Gasteiger partial charge is 0.481 e. The molecule has 1 N–H and O–H groups in total. The molecule has 1 amide bonds. The van der Waals surface area contributed by atoms with E-state index in [9.17, 15) is 19.5 Å². The number of hydrogen-bond donors (Lipinski definition) is 1. The number of hydrogen-bond acceptors (Lipinski definition) is 7. The van der Waals surface area contributed by atoms with Gasteiger partial charge in [-0.3, -0.25) is 19.1 Å². The number of pyridine rings is 1. The first kappa shape index (κ1) is 25.5. The molecule has 0 bridgehead atoms. The number of benzene rings is 1. The summed E-state index contributed by atoms with van der Waals surface area (Å²) in [5.74, 6) is -1.64. The van der Waals surface area contributed by atoms with Crippen molar-refractivity contribution >= 4 is 39.6 Å². The van der Waals surface area contributed by atoms with E-state index >= 15 is 0 Å². The van der Waals surface area contributed by atoms with Crippen LogP contribution in [0.15, 0.2) is 51.1 Å². The molecule has 1 aromatic carbocycles. The molecule has 0 saturated heterocycles. The fourth-order valence-electron chi connectivity index (χ4n) is 5.71. The Morgan fingerprint density at radius 1 is 1.18 bits per heavy atom. The summed E-state index contributed by atoms with van der Waals surface area (Å²) in [5.41, 5.74) is 4.15. The number of thiazole rings is 1. The van der Waals surface area contributed by atoms with Gasteiger partial charge in [0.25, 0.3) is 0 Å². The van der Waals surface area contributed by atoms with Crippen LogP contribution in [0, 0.1) is 11.8 Å². The number of aryl methyl sites for hydroxylation is 1. The van der Waals surface area contributed by atoms with Crippen molar-refractivity contribution in [2.75, 3.05) is 4.90 Å². The van der Waals surface area contributed by atoms with E-state index < -0.39 is 17.6 Å². The van der Waals surface area contributed by atoms with Crippen LogP contribution in [0.2, 0.25) is 0 Å². The monoisotopic (exact) mass is 546 g/mol. The number of carboxylic acid groups (broad SMARTS) is 1. The highest BCUT2D eigenvalue weighted by Crippen LogP contribution is 2.40. The van der Waals surface area contributed by atoms with Crippen LogP contribution >= 0.6 is 11.3 Å². The van der Waals surface area contributed by atoms with Gasteiger partial charge in [0.15, 0.2) is 16.4 Å². The van der Waals surface area contributed by atoms with Gasteiger partial charge in [0, 0.05) is 41.7 Å². The highest BCUT2D eigenvalue weighted by molar-refractivity contribution is 7.14. The minimum atomic E-state index is -0.935. The maximum absolute atomic E-state index is 13.8. The number of anilines is 1. The summed E-state index contributed by atoms with van der Waals surface area (Å²) < 4.78 is 6.71. The molecule has 2 fully saturated rings. The number of nitrogens with zero attached hydrogens (tertiary/aromatic N) is 4. The van der Waals surface area contributed by atoms with Crippen molar-refractivity contribution in [3.05, 3.63) is 52.5 Å².